The molecule has 1 aromatic carbocycles. The number of benzene rings is 1. The second-order valence-electron chi connectivity index (χ2n) is 5.96. The summed E-state index contributed by atoms with van der Waals surface area (Å²) < 4.78 is 0. The van der Waals surface area contributed by atoms with Crippen molar-refractivity contribution in [3.05, 3.63) is 42.0 Å². The lowest BCUT2D eigenvalue weighted by Gasteiger charge is -2.29. The highest BCUT2D eigenvalue weighted by Gasteiger charge is 2.33. The molecule has 2 amide bonds. The maximum absolute atomic E-state index is 12.3. The van der Waals surface area contributed by atoms with E-state index < -0.39 is 23.4 Å². The minimum absolute atomic E-state index is 0.373. The monoisotopic (exact) mass is 344 g/mol. The molecule has 0 radical (unpaired) electrons. The molecular weight excluding hydrogens is 320 g/mol. The molecule has 1 aromatic rings. The largest absolute Gasteiger partial charge is 0.382 e. The first-order valence-electron chi connectivity index (χ1n) is 7.74. The summed E-state index contributed by atoms with van der Waals surface area (Å²) in [6.45, 7) is 5.54. The van der Waals surface area contributed by atoms with Crippen LogP contribution >= 0.6 is 0 Å². The molecule has 0 bridgehead atoms. The maximum atomic E-state index is 12.3. The van der Waals surface area contributed by atoms with Crippen molar-refractivity contribution in [3.63, 3.8) is 0 Å². The number of nitrogens with one attached hydrogen (secondary N) is 3. The van der Waals surface area contributed by atoms with Crippen LogP contribution in [0.25, 0.3) is 0 Å². The van der Waals surface area contributed by atoms with Crippen LogP contribution in [-0.2, 0) is 4.79 Å². The Balaban J connectivity index is 2.72. The van der Waals surface area contributed by atoms with Crippen molar-refractivity contribution in [2.24, 2.45) is 5.73 Å². The third kappa shape index (κ3) is 6.67. The summed E-state index contributed by atoms with van der Waals surface area (Å²) in [5.74, 6) is 4.34. The number of carbonyl (C=O) groups excluding carboxylic acids is 2. The average molecular weight is 344 g/mol. The fourth-order valence-electron chi connectivity index (χ4n) is 1.99. The highest BCUT2D eigenvalue weighted by Crippen LogP contribution is 2.11. The molecule has 7 heteroatoms. The highest BCUT2D eigenvalue weighted by atomic mass is 16.5. The van der Waals surface area contributed by atoms with E-state index in [0.29, 0.717) is 12.1 Å². The normalized spacial score (nSPS) is 12.0. The minimum atomic E-state index is -1.08. The Morgan fingerprint density at radius 2 is 1.96 bits per heavy atom. The van der Waals surface area contributed by atoms with Gasteiger partial charge >= 0.3 is 0 Å². The molecular formula is C18H24N4O3. The van der Waals surface area contributed by atoms with Gasteiger partial charge in [0.1, 0.15) is 6.04 Å². The van der Waals surface area contributed by atoms with Gasteiger partial charge in [-0.3, -0.25) is 14.8 Å². The van der Waals surface area contributed by atoms with Gasteiger partial charge in [-0.25, -0.2) is 5.48 Å². The number of amides is 2. The molecule has 0 unspecified atom stereocenters. The highest BCUT2D eigenvalue weighted by molar-refractivity contribution is 5.98. The summed E-state index contributed by atoms with van der Waals surface area (Å²) in [4.78, 5) is 24.0. The zero-order valence-corrected chi connectivity index (χ0v) is 14.6. The van der Waals surface area contributed by atoms with Crippen LogP contribution < -0.4 is 21.8 Å². The first kappa shape index (κ1) is 20.2. The number of anilines is 1. The third-order valence-corrected chi connectivity index (χ3v) is 3.31. The first-order chi connectivity index (χ1) is 11.8. The summed E-state index contributed by atoms with van der Waals surface area (Å²) in [6.07, 6.45) is 3.65. The quantitative estimate of drug-likeness (QED) is 0.288. The number of hydrogen-bond acceptors (Lipinski definition) is 5. The molecule has 0 aliphatic rings. The molecule has 0 aliphatic carbocycles. The lowest BCUT2D eigenvalue weighted by atomic mass is 9.95. The standard InChI is InChI=1S/C18H24N4O3/c1-4-5-6-7-12-20-14-10-8-13(9-11-14)16(23)21-15(17(24)22-25)18(2,3)19/h6-11,15,20,25H,12,19H2,1-3H3,(H,21,23)(H,22,24)/b7-6+/t15-/m1/s1. The molecule has 0 spiro atoms. The number of carbonyl (C=O) groups is 2. The van der Waals surface area contributed by atoms with Gasteiger partial charge in [0, 0.05) is 23.3 Å². The molecule has 0 aliphatic heterocycles. The predicted molar refractivity (Wildman–Crippen MR) is 97.0 cm³/mol. The van der Waals surface area contributed by atoms with Crippen LogP contribution in [0.4, 0.5) is 5.69 Å². The molecule has 25 heavy (non-hydrogen) atoms. The smallest absolute Gasteiger partial charge is 0.267 e. The van der Waals surface area contributed by atoms with Crippen molar-refractivity contribution in [2.75, 3.05) is 11.9 Å². The number of hydrogen-bond donors (Lipinski definition) is 5. The molecule has 0 heterocycles. The fraction of sp³-hybridized carbons (Fsp3) is 0.333. The van der Waals surface area contributed by atoms with Gasteiger partial charge in [-0.2, -0.15) is 0 Å². The first-order valence-corrected chi connectivity index (χ1v) is 7.74. The van der Waals surface area contributed by atoms with E-state index >= 15 is 0 Å². The number of nitrogens with two attached hydrogens (primary N) is 1. The summed E-state index contributed by atoms with van der Waals surface area (Å²) in [6, 6.07) is 5.69. The molecule has 1 rings (SSSR count). The van der Waals surface area contributed by atoms with Gasteiger partial charge in [0.05, 0.1) is 0 Å². The third-order valence-electron chi connectivity index (χ3n) is 3.31. The van der Waals surface area contributed by atoms with Gasteiger partial charge < -0.3 is 16.4 Å². The van der Waals surface area contributed by atoms with Gasteiger partial charge in [0.15, 0.2) is 0 Å². The second kappa shape index (κ2) is 9.47. The molecule has 134 valence electrons. The maximum Gasteiger partial charge on any atom is 0.267 e. The molecule has 1 atom stereocenters. The van der Waals surface area contributed by atoms with Gasteiger partial charge in [-0.1, -0.05) is 12.0 Å². The van der Waals surface area contributed by atoms with Crippen molar-refractivity contribution in [3.8, 4) is 11.8 Å². The lowest BCUT2D eigenvalue weighted by molar-refractivity contribution is -0.132. The van der Waals surface area contributed by atoms with Crippen LogP contribution in [0.3, 0.4) is 0 Å². The van der Waals surface area contributed by atoms with E-state index in [1.165, 1.54) is 5.48 Å². The van der Waals surface area contributed by atoms with E-state index in [9.17, 15) is 9.59 Å². The number of rotatable bonds is 7. The Morgan fingerprint density at radius 3 is 2.48 bits per heavy atom. The number of allylic oxidation sites excluding steroid dienone is 1. The Labute approximate surface area is 147 Å². The van der Waals surface area contributed by atoms with E-state index in [1.807, 2.05) is 6.08 Å². The predicted octanol–water partition coefficient (Wildman–Crippen LogP) is 1.02. The van der Waals surface area contributed by atoms with Gasteiger partial charge in [0.25, 0.3) is 11.8 Å². The van der Waals surface area contributed by atoms with Crippen molar-refractivity contribution < 1.29 is 14.8 Å². The van der Waals surface area contributed by atoms with E-state index in [0.717, 1.165) is 5.69 Å². The summed E-state index contributed by atoms with van der Waals surface area (Å²) >= 11 is 0. The Kier molecular flexibility index (Phi) is 7.66. The van der Waals surface area contributed by atoms with Crippen molar-refractivity contribution in [1.82, 2.24) is 10.8 Å². The molecule has 7 nitrogen and oxygen atoms in total. The topological polar surface area (TPSA) is 116 Å². The van der Waals surface area contributed by atoms with Gasteiger partial charge in [-0.15, -0.1) is 5.92 Å². The molecule has 0 saturated carbocycles. The second-order valence-corrected chi connectivity index (χ2v) is 5.96. The minimum Gasteiger partial charge on any atom is -0.382 e. The number of hydroxylamine groups is 1. The summed E-state index contributed by atoms with van der Waals surface area (Å²) in [7, 11) is 0. The Bertz CT molecular complexity index is 679. The van der Waals surface area contributed by atoms with Crippen LogP contribution in [0, 0.1) is 11.8 Å². The van der Waals surface area contributed by atoms with E-state index in [1.54, 1.807) is 51.1 Å². The zero-order valence-electron chi connectivity index (χ0n) is 14.6. The van der Waals surface area contributed by atoms with E-state index in [2.05, 4.69) is 22.5 Å². The average Bonchev–Trinajstić information content (AvgIpc) is 2.58. The Morgan fingerprint density at radius 1 is 1.32 bits per heavy atom. The molecule has 0 fully saturated rings. The van der Waals surface area contributed by atoms with Crippen LogP contribution in [0.1, 0.15) is 31.1 Å². The fourth-order valence-corrected chi connectivity index (χ4v) is 1.99. The van der Waals surface area contributed by atoms with E-state index in [-0.39, 0.29) is 0 Å². The van der Waals surface area contributed by atoms with Crippen LogP contribution in [0.2, 0.25) is 0 Å². The summed E-state index contributed by atoms with van der Waals surface area (Å²) in [5, 5.41) is 14.5. The van der Waals surface area contributed by atoms with Crippen LogP contribution in [0.15, 0.2) is 36.4 Å². The zero-order chi connectivity index (χ0) is 18.9. The van der Waals surface area contributed by atoms with Crippen LogP contribution in [0.5, 0.6) is 0 Å². The molecule has 0 saturated heterocycles. The van der Waals surface area contributed by atoms with Gasteiger partial charge in [0.2, 0.25) is 0 Å². The molecule has 6 N–H and O–H groups in total. The SMILES string of the molecule is CC#C/C=C/CNc1ccc(C(=O)N[C@H](C(=O)NO)C(C)(C)N)cc1. The molecule has 0 aromatic heterocycles. The lowest BCUT2D eigenvalue weighted by Crippen LogP contribution is -2.61. The van der Waals surface area contributed by atoms with Crippen molar-refractivity contribution in [2.45, 2.75) is 32.4 Å². The van der Waals surface area contributed by atoms with E-state index in [4.69, 9.17) is 10.9 Å². The Hall–Kier alpha value is -2.82. The van der Waals surface area contributed by atoms with Gasteiger partial charge in [-0.05, 0) is 51.1 Å². The van der Waals surface area contributed by atoms with Crippen molar-refractivity contribution in [1.29, 1.82) is 0 Å². The van der Waals surface area contributed by atoms with Crippen LogP contribution in [-0.4, -0.2) is 35.1 Å². The summed E-state index contributed by atoms with van der Waals surface area (Å²) in [5.41, 5.74) is 7.57. The van der Waals surface area contributed by atoms with Crippen molar-refractivity contribution >= 4 is 17.5 Å².